The number of amides is 1. The van der Waals surface area contributed by atoms with Crippen molar-refractivity contribution < 1.29 is 4.79 Å². The molecule has 16 heavy (non-hydrogen) atoms. The molecule has 0 heterocycles. The fourth-order valence-corrected chi connectivity index (χ4v) is 3.30. The highest BCUT2D eigenvalue weighted by atomic mass is 79.9. The van der Waals surface area contributed by atoms with Crippen molar-refractivity contribution >= 4 is 21.8 Å². The second kappa shape index (κ2) is 6.04. The van der Waals surface area contributed by atoms with Crippen LogP contribution in [0.4, 0.5) is 0 Å². The highest BCUT2D eigenvalue weighted by molar-refractivity contribution is 9.09. The highest BCUT2D eigenvalue weighted by Crippen LogP contribution is 2.37. The number of nitrogens with one attached hydrogen (secondary N) is 1. The Morgan fingerprint density at radius 1 is 1.38 bits per heavy atom. The number of hydrogen-bond acceptors (Lipinski definition) is 1. The van der Waals surface area contributed by atoms with Gasteiger partial charge in [0.2, 0.25) is 5.91 Å². The number of carbonyl (C=O) groups excluding carboxylic acids is 1. The number of hydrogen-bond donors (Lipinski definition) is 1. The van der Waals surface area contributed by atoms with Gasteiger partial charge in [0.05, 0.1) is 0 Å². The van der Waals surface area contributed by atoms with Crippen molar-refractivity contribution in [2.24, 2.45) is 11.3 Å². The van der Waals surface area contributed by atoms with Crippen molar-refractivity contribution in [1.82, 2.24) is 5.32 Å². The minimum absolute atomic E-state index is 0.0927. The summed E-state index contributed by atoms with van der Waals surface area (Å²) in [6.45, 7) is 7.26. The van der Waals surface area contributed by atoms with E-state index in [1.807, 2.05) is 0 Å². The lowest BCUT2D eigenvalue weighted by molar-refractivity contribution is -0.129. The average Bonchev–Trinajstić information content (AvgIpc) is 2.62. The van der Waals surface area contributed by atoms with Crippen LogP contribution in [0.3, 0.4) is 0 Å². The molecule has 0 aromatic rings. The van der Waals surface area contributed by atoms with E-state index in [0.29, 0.717) is 10.7 Å². The molecule has 1 N–H and O–H groups in total. The second-order valence-corrected chi connectivity index (χ2v) is 7.00. The van der Waals surface area contributed by atoms with Gasteiger partial charge in [-0.25, -0.2) is 0 Å². The number of alkyl halides is 1. The third-order valence-electron chi connectivity index (χ3n) is 3.47. The Hall–Kier alpha value is -0.0500. The van der Waals surface area contributed by atoms with E-state index in [1.165, 1.54) is 12.8 Å². The maximum atomic E-state index is 12.0. The first-order valence-electron chi connectivity index (χ1n) is 6.36. The first-order valence-corrected chi connectivity index (χ1v) is 7.28. The monoisotopic (exact) mass is 289 g/mol. The maximum Gasteiger partial charge on any atom is 0.225 e. The van der Waals surface area contributed by atoms with Crippen LogP contribution in [0, 0.1) is 11.3 Å². The van der Waals surface area contributed by atoms with Crippen LogP contribution >= 0.6 is 15.9 Å². The van der Waals surface area contributed by atoms with E-state index in [1.54, 1.807) is 0 Å². The summed E-state index contributed by atoms with van der Waals surface area (Å²) >= 11 is 3.62. The summed E-state index contributed by atoms with van der Waals surface area (Å²) in [4.78, 5) is 12.4. The molecule has 1 saturated carbocycles. The molecule has 0 radical (unpaired) electrons. The van der Waals surface area contributed by atoms with E-state index in [9.17, 15) is 4.79 Å². The van der Waals surface area contributed by atoms with Gasteiger partial charge >= 0.3 is 0 Å². The Morgan fingerprint density at radius 3 is 2.44 bits per heavy atom. The third-order valence-corrected chi connectivity index (χ3v) is 4.16. The van der Waals surface area contributed by atoms with E-state index < -0.39 is 0 Å². The molecule has 1 aliphatic rings. The lowest BCUT2D eigenvalue weighted by Gasteiger charge is -2.23. The molecule has 0 aromatic carbocycles. The molecular formula is C13H24BrNO. The molecule has 1 atom stereocenters. The fraction of sp³-hybridized carbons (Fsp3) is 0.923. The normalized spacial score (nSPS) is 21.1. The van der Waals surface area contributed by atoms with E-state index in [2.05, 4.69) is 42.0 Å². The summed E-state index contributed by atoms with van der Waals surface area (Å²) in [6.07, 6.45) is 5.62. The van der Waals surface area contributed by atoms with E-state index >= 15 is 0 Å². The predicted molar refractivity (Wildman–Crippen MR) is 71.8 cm³/mol. The Balaban J connectivity index is 2.29. The fourth-order valence-electron chi connectivity index (χ4n) is 2.39. The minimum atomic E-state index is -0.0927. The summed E-state index contributed by atoms with van der Waals surface area (Å²) < 4.78 is 0. The largest absolute Gasteiger partial charge is 0.355 e. The van der Waals surface area contributed by atoms with Crippen molar-refractivity contribution in [3.63, 3.8) is 0 Å². The van der Waals surface area contributed by atoms with Gasteiger partial charge in [-0.1, -0.05) is 49.5 Å². The second-order valence-electron chi connectivity index (χ2n) is 5.70. The van der Waals surface area contributed by atoms with E-state index in [0.717, 1.165) is 25.8 Å². The predicted octanol–water partition coefficient (Wildman–Crippen LogP) is 3.49. The van der Waals surface area contributed by atoms with Gasteiger partial charge in [-0.15, -0.1) is 0 Å². The van der Waals surface area contributed by atoms with Gasteiger partial charge < -0.3 is 5.32 Å². The van der Waals surface area contributed by atoms with Crippen LogP contribution in [0.2, 0.25) is 0 Å². The van der Waals surface area contributed by atoms with E-state index in [-0.39, 0.29) is 11.3 Å². The minimum Gasteiger partial charge on any atom is -0.355 e. The maximum absolute atomic E-state index is 12.0. The Kier molecular flexibility index (Phi) is 5.29. The van der Waals surface area contributed by atoms with Gasteiger partial charge in [-0.05, 0) is 25.2 Å². The van der Waals surface area contributed by atoms with Crippen molar-refractivity contribution in [3.05, 3.63) is 0 Å². The Morgan fingerprint density at radius 2 is 1.94 bits per heavy atom. The van der Waals surface area contributed by atoms with Crippen molar-refractivity contribution in [2.45, 2.75) is 57.7 Å². The smallest absolute Gasteiger partial charge is 0.225 e. The molecule has 0 bridgehead atoms. The standard InChI is InChI=1S/C13H24BrNO/c1-10(2)8-11(14)9-15-12(16)13(3)6-4-5-7-13/h10-11H,4-9H2,1-3H3,(H,15,16). The summed E-state index contributed by atoms with van der Waals surface area (Å²) in [5.41, 5.74) is -0.0927. The van der Waals surface area contributed by atoms with Crippen molar-refractivity contribution in [3.8, 4) is 0 Å². The zero-order valence-corrected chi connectivity index (χ0v) is 12.3. The zero-order valence-electron chi connectivity index (χ0n) is 10.7. The van der Waals surface area contributed by atoms with Crippen LogP contribution < -0.4 is 5.32 Å². The Labute approximate surface area is 108 Å². The van der Waals surface area contributed by atoms with Gasteiger partial charge in [0, 0.05) is 16.8 Å². The molecule has 1 aliphatic carbocycles. The lowest BCUT2D eigenvalue weighted by atomic mass is 9.88. The van der Waals surface area contributed by atoms with Gasteiger partial charge in [0.15, 0.2) is 0 Å². The summed E-state index contributed by atoms with van der Waals surface area (Å²) in [5.74, 6) is 0.918. The summed E-state index contributed by atoms with van der Waals surface area (Å²) in [5, 5.41) is 3.08. The van der Waals surface area contributed by atoms with E-state index in [4.69, 9.17) is 0 Å². The van der Waals surface area contributed by atoms with Crippen molar-refractivity contribution in [2.75, 3.05) is 6.54 Å². The van der Waals surface area contributed by atoms with Gasteiger partial charge in [0.25, 0.3) is 0 Å². The SMILES string of the molecule is CC(C)CC(Br)CNC(=O)C1(C)CCCC1. The van der Waals surface area contributed by atoms with Crippen molar-refractivity contribution in [1.29, 1.82) is 0 Å². The van der Waals surface area contributed by atoms with Crippen LogP contribution in [0.5, 0.6) is 0 Å². The summed E-state index contributed by atoms with van der Waals surface area (Å²) in [6, 6.07) is 0. The molecule has 1 fully saturated rings. The van der Waals surface area contributed by atoms with Gasteiger partial charge in [-0.2, -0.15) is 0 Å². The van der Waals surface area contributed by atoms with Crippen LogP contribution in [-0.4, -0.2) is 17.3 Å². The molecule has 0 aromatic heterocycles. The van der Waals surface area contributed by atoms with Crippen LogP contribution in [-0.2, 0) is 4.79 Å². The average molecular weight is 290 g/mol. The molecule has 0 spiro atoms. The van der Waals surface area contributed by atoms with Crippen LogP contribution in [0.25, 0.3) is 0 Å². The molecule has 2 nitrogen and oxygen atoms in total. The van der Waals surface area contributed by atoms with Crippen LogP contribution in [0.1, 0.15) is 52.9 Å². The molecular weight excluding hydrogens is 266 g/mol. The first-order chi connectivity index (χ1) is 7.44. The molecule has 94 valence electrons. The molecule has 1 rings (SSSR count). The number of carbonyl (C=O) groups is 1. The topological polar surface area (TPSA) is 29.1 Å². The van der Waals surface area contributed by atoms with Gasteiger partial charge in [0.1, 0.15) is 0 Å². The highest BCUT2D eigenvalue weighted by Gasteiger charge is 2.35. The Bertz CT molecular complexity index is 234. The molecule has 1 unspecified atom stereocenters. The lowest BCUT2D eigenvalue weighted by Crippen LogP contribution is -2.39. The third kappa shape index (κ3) is 4.08. The molecule has 1 amide bonds. The first kappa shape index (κ1) is 14.0. The molecule has 0 aliphatic heterocycles. The zero-order chi connectivity index (χ0) is 12.2. The number of halogens is 1. The van der Waals surface area contributed by atoms with Crippen LogP contribution in [0.15, 0.2) is 0 Å². The van der Waals surface area contributed by atoms with Gasteiger partial charge in [-0.3, -0.25) is 4.79 Å². The summed E-state index contributed by atoms with van der Waals surface area (Å²) in [7, 11) is 0. The molecule has 0 saturated heterocycles. The number of rotatable bonds is 5. The quantitative estimate of drug-likeness (QED) is 0.772. The molecule has 3 heteroatoms.